The first-order valence-electron chi connectivity index (χ1n) is 9.13. The maximum absolute atomic E-state index is 6.64. The number of nitrogen functional groups attached to an aromatic ring is 1. The van der Waals surface area contributed by atoms with Gasteiger partial charge < -0.3 is 11.1 Å². The van der Waals surface area contributed by atoms with Gasteiger partial charge in [-0.2, -0.15) is 14.7 Å². The van der Waals surface area contributed by atoms with E-state index in [-0.39, 0.29) is 0 Å². The average Bonchev–Trinajstić information content (AvgIpc) is 3.42. The summed E-state index contributed by atoms with van der Waals surface area (Å²) in [6, 6.07) is 4.16. The summed E-state index contributed by atoms with van der Waals surface area (Å²) >= 11 is 1.69. The summed E-state index contributed by atoms with van der Waals surface area (Å²) in [5.74, 6) is 0.998. The minimum absolute atomic E-state index is 0.347. The Morgan fingerprint density at radius 1 is 1.30 bits per heavy atom. The van der Waals surface area contributed by atoms with Gasteiger partial charge >= 0.3 is 0 Å². The smallest absolute Gasteiger partial charge is 0.165 e. The van der Waals surface area contributed by atoms with Crippen molar-refractivity contribution in [3.8, 4) is 21.6 Å². The topological polar surface area (TPSA) is 86.1 Å². The lowest BCUT2D eigenvalue weighted by atomic mass is 9.92. The summed E-state index contributed by atoms with van der Waals surface area (Å²) in [6.45, 7) is 1.99. The van der Waals surface area contributed by atoms with Crippen molar-refractivity contribution in [3.63, 3.8) is 0 Å². The van der Waals surface area contributed by atoms with Gasteiger partial charge in [0, 0.05) is 41.7 Å². The molecule has 0 aromatic carbocycles. The molecule has 8 heteroatoms. The molecule has 1 aliphatic rings. The van der Waals surface area contributed by atoms with Crippen LogP contribution in [0, 0.1) is 0 Å². The van der Waals surface area contributed by atoms with Crippen molar-refractivity contribution in [1.82, 2.24) is 29.7 Å². The van der Waals surface area contributed by atoms with Gasteiger partial charge in [0.05, 0.1) is 23.7 Å². The average molecular weight is 379 g/mol. The molecule has 138 valence electrons. The van der Waals surface area contributed by atoms with Gasteiger partial charge in [-0.1, -0.05) is 6.07 Å². The zero-order valence-corrected chi connectivity index (χ0v) is 15.9. The molecule has 4 aromatic heterocycles. The lowest BCUT2D eigenvalue weighted by Crippen LogP contribution is -2.29. The minimum Gasteiger partial charge on any atom is -0.383 e. The normalized spacial score (nSPS) is 17.6. The van der Waals surface area contributed by atoms with Gasteiger partial charge in [-0.05, 0) is 30.8 Å². The molecule has 0 bridgehead atoms. The van der Waals surface area contributed by atoms with E-state index in [1.807, 2.05) is 25.6 Å². The second-order valence-corrected chi connectivity index (χ2v) is 7.92. The first kappa shape index (κ1) is 16.5. The van der Waals surface area contributed by atoms with Crippen LogP contribution in [-0.2, 0) is 7.05 Å². The molecule has 1 fully saturated rings. The number of aryl methyl sites for hydroxylation is 1. The van der Waals surface area contributed by atoms with E-state index in [9.17, 15) is 0 Å². The van der Waals surface area contributed by atoms with Gasteiger partial charge in [0.15, 0.2) is 5.65 Å². The molecule has 0 radical (unpaired) electrons. The van der Waals surface area contributed by atoms with Crippen LogP contribution in [0.15, 0.2) is 36.1 Å². The molecule has 0 spiro atoms. The van der Waals surface area contributed by atoms with Gasteiger partial charge in [0.2, 0.25) is 0 Å². The molecule has 0 aliphatic carbocycles. The fraction of sp³-hybridized carbons (Fsp3) is 0.316. The van der Waals surface area contributed by atoms with Gasteiger partial charge in [0.1, 0.15) is 5.82 Å². The lowest BCUT2D eigenvalue weighted by Gasteiger charge is -2.25. The molecule has 0 saturated carbocycles. The molecule has 1 aliphatic heterocycles. The van der Waals surface area contributed by atoms with Crippen molar-refractivity contribution in [3.05, 3.63) is 41.8 Å². The van der Waals surface area contributed by atoms with E-state index in [1.165, 1.54) is 0 Å². The van der Waals surface area contributed by atoms with Crippen LogP contribution in [0.2, 0.25) is 0 Å². The molecule has 5 heterocycles. The molecule has 1 atom stereocenters. The SMILES string of the molecule is Cn1cc(-c2cnn3c(N)c(-c4cccs4)c(C4CCCNC4)nc23)cn1. The molecule has 27 heavy (non-hydrogen) atoms. The third kappa shape index (κ3) is 2.72. The zero-order valence-electron chi connectivity index (χ0n) is 15.1. The van der Waals surface area contributed by atoms with E-state index in [0.717, 1.165) is 58.8 Å². The van der Waals surface area contributed by atoms with Crippen LogP contribution in [-0.4, -0.2) is 37.5 Å². The third-order valence-electron chi connectivity index (χ3n) is 5.18. The maximum atomic E-state index is 6.64. The van der Waals surface area contributed by atoms with Crippen LogP contribution in [0.25, 0.3) is 27.2 Å². The highest BCUT2D eigenvalue weighted by Gasteiger charge is 2.26. The van der Waals surface area contributed by atoms with E-state index < -0.39 is 0 Å². The van der Waals surface area contributed by atoms with Crippen molar-refractivity contribution in [2.45, 2.75) is 18.8 Å². The van der Waals surface area contributed by atoms with Crippen LogP contribution in [0.3, 0.4) is 0 Å². The summed E-state index contributed by atoms with van der Waals surface area (Å²) < 4.78 is 3.55. The molecule has 1 unspecified atom stereocenters. The number of hydrogen-bond acceptors (Lipinski definition) is 6. The van der Waals surface area contributed by atoms with Crippen molar-refractivity contribution < 1.29 is 0 Å². The monoisotopic (exact) mass is 379 g/mol. The number of nitrogens with zero attached hydrogens (tertiary/aromatic N) is 5. The van der Waals surface area contributed by atoms with Crippen LogP contribution in [0.4, 0.5) is 5.82 Å². The Balaban J connectivity index is 1.76. The Labute approximate surface area is 160 Å². The molecule has 0 amide bonds. The number of rotatable bonds is 3. The van der Waals surface area contributed by atoms with E-state index in [4.69, 9.17) is 10.7 Å². The molecule has 3 N–H and O–H groups in total. The number of piperidine rings is 1. The van der Waals surface area contributed by atoms with Crippen LogP contribution >= 0.6 is 11.3 Å². The minimum atomic E-state index is 0.347. The molecule has 1 saturated heterocycles. The first-order chi connectivity index (χ1) is 13.2. The fourth-order valence-electron chi connectivity index (χ4n) is 3.85. The van der Waals surface area contributed by atoms with Gasteiger partial charge in [0.25, 0.3) is 0 Å². The predicted octanol–water partition coefficient (Wildman–Crippen LogP) is 2.91. The third-order valence-corrected chi connectivity index (χ3v) is 6.07. The fourth-order valence-corrected chi connectivity index (χ4v) is 4.64. The number of hydrogen-bond donors (Lipinski definition) is 2. The highest BCUT2D eigenvalue weighted by Crippen LogP contribution is 2.39. The Bertz CT molecular complexity index is 1090. The lowest BCUT2D eigenvalue weighted by molar-refractivity contribution is 0.455. The second kappa shape index (κ2) is 6.47. The largest absolute Gasteiger partial charge is 0.383 e. The molecular formula is C19H21N7S. The quantitative estimate of drug-likeness (QED) is 0.572. The van der Waals surface area contributed by atoms with E-state index in [1.54, 1.807) is 20.5 Å². The van der Waals surface area contributed by atoms with E-state index >= 15 is 0 Å². The Morgan fingerprint density at radius 2 is 2.22 bits per heavy atom. The van der Waals surface area contributed by atoms with E-state index in [0.29, 0.717) is 11.7 Å². The van der Waals surface area contributed by atoms with Crippen molar-refractivity contribution in [1.29, 1.82) is 0 Å². The number of nitrogens with one attached hydrogen (secondary N) is 1. The summed E-state index contributed by atoms with van der Waals surface area (Å²) in [6.07, 6.45) is 7.91. The van der Waals surface area contributed by atoms with Crippen molar-refractivity contribution in [2.24, 2.45) is 7.05 Å². The van der Waals surface area contributed by atoms with E-state index in [2.05, 4.69) is 33.0 Å². The summed E-state index contributed by atoms with van der Waals surface area (Å²) in [4.78, 5) is 6.25. The Hall–Kier alpha value is -2.71. The number of fused-ring (bicyclic) bond motifs is 1. The second-order valence-electron chi connectivity index (χ2n) is 6.97. The van der Waals surface area contributed by atoms with Gasteiger partial charge in [-0.3, -0.25) is 4.68 Å². The molecular weight excluding hydrogens is 358 g/mol. The van der Waals surface area contributed by atoms with Crippen molar-refractivity contribution >= 4 is 22.8 Å². The summed E-state index contributed by atoms with van der Waals surface area (Å²) in [5, 5.41) is 14.4. The van der Waals surface area contributed by atoms with Crippen LogP contribution in [0.5, 0.6) is 0 Å². The highest BCUT2D eigenvalue weighted by molar-refractivity contribution is 7.13. The number of nitrogens with two attached hydrogens (primary N) is 1. The van der Waals surface area contributed by atoms with Crippen LogP contribution in [0.1, 0.15) is 24.5 Å². The summed E-state index contributed by atoms with van der Waals surface area (Å²) in [7, 11) is 1.91. The first-order valence-corrected chi connectivity index (χ1v) is 10.0. The number of anilines is 1. The molecule has 4 aromatic rings. The predicted molar refractivity (Wildman–Crippen MR) is 108 cm³/mol. The Morgan fingerprint density at radius 3 is 2.93 bits per heavy atom. The number of aromatic nitrogens is 5. The van der Waals surface area contributed by atoms with Gasteiger partial charge in [-0.25, -0.2) is 4.98 Å². The highest BCUT2D eigenvalue weighted by atomic mass is 32.1. The molecule has 5 rings (SSSR count). The van der Waals surface area contributed by atoms with Crippen molar-refractivity contribution in [2.75, 3.05) is 18.8 Å². The van der Waals surface area contributed by atoms with Gasteiger partial charge in [-0.15, -0.1) is 11.3 Å². The van der Waals surface area contributed by atoms with Crippen LogP contribution < -0.4 is 11.1 Å². The maximum Gasteiger partial charge on any atom is 0.165 e. The Kier molecular flexibility index (Phi) is 3.95. The summed E-state index contributed by atoms with van der Waals surface area (Å²) in [5.41, 5.74) is 11.5. The zero-order chi connectivity index (χ0) is 18.4. The molecule has 7 nitrogen and oxygen atoms in total. The standard InChI is InChI=1S/C19H21N7S/c1-25-11-13(9-22-25)14-10-23-26-18(20)16(15-5-3-7-27-15)17(24-19(14)26)12-4-2-6-21-8-12/h3,5,7,9-12,21H,2,4,6,8,20H2,1H3. The number of thiophene rings is 1.